The number of aliphatic hydroxyl groups excluding tert-OH is 8. The molecule has 1 saturated heterocycles. The van der Waals surface area contributed by atoms with Crippen LogP contribution in [-0.4, -0.2) is 122 Å². The van der Waals surface area contributed by atoms with E-state index < -0.39 is 80.8 Å². The molecule has 0 radical (unpaired) electrons. The highest BCUT2D eigenvalue weighted by Crippen LogP contribution is 2.25. The predicted molar refractivity (Wildman–Crippen MR) is 82.4 cm³/mol. The number of carbonyl (C=O) groups is 1. The van der Waals surface area contributed by atoms with Gasteiger partial charge in [0.15, 0.2) is 6.29 Å². The van der Waals surface area contributed by atoms with Gasteiger partial charge in [-0.1, -0.05) is 0 Å². The van der Waals surface area contributed by atoms with E-state index >= 15 is 0 Å². The summed E-state index contributed by atoms with van der Waals surface area (Å²) in [4.78, 5) is 11.3. The minimum Gasteiger partial charge on any atom is -0.394 e. The summed E-state index contributed by atoms with van der Waals surface area (Å²) >= 11 is 0. The van der Waals surface area contributed by atoms with Gasteiger partial charge in [-0.05, 0) is 0 Å². The SMILES string of the molecule is CC(=O)N[C@@H](CO)[C@@H](O[C@@H]1O[C@H](CO)[C@H](O)[C@H](O)[C@H]1O)[C@H](O)[C@H](O)CO. The van der Waals surface area contributed by atoms with Gasteiger partial charge >= 0.3 is 0 Å². The van der Waals surface area contributed by atoms with Crippen molar-refractivity contribution < 1.29 is 55.1 Å². The molecule has 9 atom stereocenters. The van der Waals surface area contributed by atoms with Crippen molar-refractivity contribution in [3.05, 3.63) is 0 Å². The lowest BCUT2D eigenvalue weighted by Crippen LogP contribution is -2.63. The van der Waals surface area contributed by atoms with E-state index in [1.807, 2.05) is 0 Å². The molecule has 9 N–H and O–H groups in total. The number of ether oxygens (including phenoxy) is 2. The van der Waals surface area contributed by atoms with Crippen molar-refractivity contribution in [2.45, 2.75) is 62.0 Å². The summed E-state index contributed by atoms with van der Waals surface area (Å²) in [5, 5.41) is 79.2. The number of rotatable bonds is 9. The molecule has 0 aromatic rings. The summed E-state index contributed by atoms with van der Waals surface area (Å²) in [5.41, 5.74) is 0. The van der Waals surface area contributed by atoms with Crippen molar-refractivity contribution >= 4 is 5.91 Å². The molecule has 0 aromatic carbocycles. The summed E-state index contributed by atoms with van der Waals surface area (Å²) < 4.78 is 10.5. The molecule has 1 rings (SSSR count). The van der Waals surface area contributed by atoms with Crippen LogP contribution in [0.4, 0.5) is 0 Å². The van der Waals surface area contributed by atoms with Crippen molar-refractivity contribution in [3.63, 3.8) is 0 Å². The molecule has 1 aliphatic heterocycles. The van der Waals surface area contributed by atoms with Crippen LogP contribution < -0.4 is 5.32 Å². The minimum absolute atomic E-state index is 0.600. The van der Waals surface area contributed by atoms with E-state index in [0.717, 1.165) is 6.92 Å². The van der Waals surface area contributed by atoms with Gasteiger partial charge in [-0.3, -0.25) is 4.79 Å². The van der Waals surface area contributed by atoms with Crippen LogP contribution in [0.5, 0.6) is 0 Å². The molecule has 0 bridgehead atoms. The van der Waals surface area contributed by atoms with Crippen molar-refractivity contribution in [2.24, 2.45) is 0 Å². The molecule has 0 aliphatic carbocycles. The fourth-order valence-corrected chi connectivity index (χ4v) is 2.57. The monoisotopic (exact) mass is 385 g/mol. The molecule has 0 unspecified atom stereocenters. The Kier molecular flexibility index (Phi) is 9.26. The van der Waals surface area contributed by atoms with Crippen LogP contribution in [0.2, 0.25) is 0 Å². The van der Waals surface area contributed by atoms with E-state index in [0.29, 0.717) is 0 Å². The van der Waals surface area contributed by atoms with Crippen LogP contribution in [0.3, 0.4) is 0 Å². The Bertz CT molecular complexity index is 437. The lowest BCUT2D eigenvalue weighted by Gasteiger charge is -2.42. The van der Waals surface area contributed by atoms with Crippen LogP contribution in [0.25, 0.3) is 0 Å². The van der Waals surface area contributed by atoms with Gasteiger partial charge in [0.1, 0.15) is 42.7 Å². The smallest absolute Gasteiger partial charge is 0.217 e. The van der Waals surface area contributed by atoms with Gasteiger partial charge in [-0.2, -0.15) is 0 Å². The Morgan fingerprint density at radius 1 is 1.08 bits per heavy atom. The normalized spacial score (nSPS) is 34.0. The van der Waals surface area contributed by atoms with Crippen LogP contribution in [-0.2, 0) is 14.3 Å². The van der Waals surface area contributed by atoms with Crippen LogP contribution in [0.1, 0.15) is 6.92 Å². The topological polar surface area (TPSA) is 209 Å². The summed E-state index contributed by atoms with van der Waals surface area (Å²) in [6.07, 6.45) is -13.3. The molecule has 1 fully saturated rings. The predicted octanol–water partition coefficient (Wildman–Crippen LogP) is -5.62. The lowest BCUT2D eigenvalue weighted by molar-refractivity contribution is -0.322. The minimum atomic E-state index is -1.82. The third kappa shape index (κ3) is 5.53. The Labute approximate surface area is 149 Å². The molecule has 1 heterocycles. The Morgan fingerprint density at radius 3 is 2.15 bits per heavy atom. The molecule has 12 heteroatoms. The Hall–Kier alpha value is -0.930. The molecular formula is C14H27NO11. The molecule has 1 amide bonds. The molecule has 26 heavy (non-hydrogen) atoms. The second kappa shape index (κ2) is 10.4. The number of carbonyl (C=O) groups excluding carboxylic acids is 1. The molecule has 1 aliphatic rings. The van der Waals surface area contributed by atoms with Crippen LogP contribution in [0.15, 0.2) is 0 Å². The van der Waals surface area contributed by atoms with E-state index in [4.69, 9.17) is 14.6 Å². The lowest BCUT2D eigenvalue weighted by atomic mass is 9.98. The fourth-order valence-electron chi connectivity index (χ4n) is 2.57. The first-order valence-electron chi connectivity index (χ1n) is 7.98. The van der Waals surface area contributed by atoms with Gasteiger partial charge in [0.05, 0.1) is 25.9 Å². The number of hydrogen-bond acceptors (Lipinski definition) is 11. The molecule has 154 valence electrons. The quantitative estimate of drug-likeness (QED) is 0.183. The van der Waals surface area contributed by atoms with Gasteiger partial charge in [0.25, 0.3) is 0 Å². The van der Waals surface area contributed by atoms with E-state index in [2.05, 4.69) is 5.32 Å². The molecule has 0 aromatic heterocycles. The number of aliphatic hydroxyl groups is 8. The first-order valence-corrected chi connectivity index (χ1v) is 7.98. The maximum Gasteiger partial charge on any atom is 0.217 e. The first kappa shape index (κ1) is 23.1. The van der Waals surface area contributed by atoms with Crippen LogP contribution in [0, 0.1) is 0 Å². The molecular weight excluding hydrogens is 358 g/mol. The van der Waals surface area contributed by atoms with Crippen molar-refractivity contribution in [3.8, 4) is 0 Å². The van der Waals surface area contributed by atoms with E-state index in [9.17, 15) is 40.5 Å². The van der Waals surface area contributed by atoms with Gasteiger partial charge in [0.2, 0.25) is 5.91 Å². The molecule has 12 nitrogen and oxygen atoms in total. The largest absolute Gasteiger partial charge is 0.394 e. The molecule has 0 spiro atoms. The molecule has 0 saturated carbocycles. The van der Waals surface area contributed by atoms with Gasteiger partial charge in [-0.25, -0.2) is 0 Å². The third-order valence-corrected chi connectivity index (χ3v) is 4.04. The van der Waals surface area contributed by atoms with E-state index in [1.54, 1.807) is 0 Å². The second-order valence-electron chi connectivity index (χ2n) is 6.03. The Balaban J connectivity index is 3.04. The van der Waals surface area contributed by atoms with Crippen molar-refractivity contribution in [2.75, 3.05) is 19.8 Å². The first-order chi connectivity index (χ1) is 12.2. The van der Waals surface area contributed by atoms with Gasteiger partial charge in [0, 0.05) is 6.92 Å². The van der Waals surface area contributed by atoms with E-state index in [-0.39, 0.29) is 0 Å². The average molecular weight is 385 g/mol. The van der Waals surface area contributed by atoms with Crippen LogP contribution >= 0.6 is 0 Å². The number of hydrogen-bond donors (Lipinski definition) is 9. The standard InChI is InChI=1S/C14H27NO11/c1-5(19)15-6(2-16)13(9(21)7(20)3-17)26-14-12(24)11(23)10(22)8(4-18)25-14/h6-14,16-18,20-24H,2-4H2,1H3,(H,15,19)/t6-,7+,8+,9+,10-,11-,12+,13+,14-/m0/s1. The highest BCUT2D eigenvalue weighted by molar-refractivity contribution is 5.73. The van der Waals surface area contributed by atoms with E-state index in [1.165, 1.54) is 0 Å². The summed E-state index contributed by atoms with van der Waals surface area (Å²) in [6.45, 7) is -1.19. The van der Waals surface area contributed by atoms with Crippen molar-refractivity contribution in [1.29, 1.82) is 0 Å². The zero-order valence-corrected chi connectivity index (χ0v) is 14.1. The zero-order valence-electron chi connectivity index (χ0n) is 14.1. The Morgan fingerprint density at radius 2 is 1.69 bits per heavy atom. The summed E-state index contributed by atoms with van der Waals surface area (Å²) in [6, 6.07) is -1.27. The highest BCUT2D eigenvalue weighted by Gasteiger charge is 2.47. The number of amides is 1. The average Bonchev–Trinajstić information content (AvgIpc) is 2.62. The van der Waals surface area contributed by atoms with Gasteiger partial charge in [-0.15, -0.1) is 0 Å². The summed E-state index contributed by atoms with van der Waals surface area (Å²) in [7, 11) is 0. The zero-order chi connectivity index (χ0) is 20.0. The van der Waals surface area contributed by atoms with Gasteiger partial charge < -0.3 is 55.6 Å². The third-order valence-electron chi connectivity index (χ3n) is 4.04. The number of nitrogens with one attached hydrogen (secondary N) is 1. The maximum atomic E-state index is 11.3. The highest BCUT2D eigenvalue weighted by atomic mass is 16.7. The maximum absolute atomic E-state index is 11.3. The van der Waals surface area contributed by atoms with Crippen molar-refractivity contribution in [1.82, 2.24) is 5.32 Å². The second-order valence-corrected chi connectivity index (χ2v) is 6.03. The fraction of sp³-hybridized carbons (Fsp3) is 0.929. The summed E-state index contributed by atoms with van der Waals surface area (Å²) in [5.74, 6) is -0.600.